The number of benzene rings is 1. The van der Waals surface area contributed by atoms with Crippen molar-refractivity contribution in [2.45, 2.75) is 0 Å². The van der Waals surface area contributed by atoms with E-state index in [1.54, 1.807) is 6.20 Å². The molecule has 2 aromatic heterocycles. The summed E-state index contributed by atoms with van der Waals surface area (Å²) in [6.07, 6.45) is 3.25. The summed E-state index contributed by atoms with van der Waals surface area (Å²) in [6.45, 7) is 3.37. The van der Waals surface area contributed by atoms with Gasteiger partial charge in [0.2, 0.25) is 0 Å². The molecule has 0 atom stereocenters. The standard InChI is InChI=1S/C19H20ClN7/c20-14-4-3-5-15(12-14)26-8-10-27(11-9-26)19-17(21)18(23-13-24-19)25-16-6-1-2-7-22-16/h1-7,12-13H,8-11,21H2,(H,22,23,24,25). The Morgan fingerprint density at radius 3 is 2.48 bits per heavy atom. The van der Waals surface area contributed by atoms with Crippen LogP contribution in [0.1, 0.15) is 0 Å². The zero-order valence-electron chi connectivity index (χ0n) is 14.7. The Kier molecular flexibility index (Phi) is 4.93. The van der Waals surface area contributed by atoms with Crippen molar-refractivity contribution >= 4 is 40.4 Å². The molecule has 0 radical (unpaired) electrons. The van der Waals surface area contributed by atoms with E-state index in [1.165, 1.54) is 6.33 Å². The molecular formula is C19H20ClN7. The molecule has 3 N–H and O–H groups in total. The second-order valence-electron chi connectivity index (χ2n) is 6.25. The molecule has 0 amide bonds. The zero-order valence-corrected chi connectivity index (χ0v) is 15.5. The molecule has 1 saturated heterocycles. The monoisotopic (exact) mass is 381 g/mol. The van der Waals surface area contributed by atoms with Crippen LogP contribution in [0.5, 0.6) is 0 Å². The fraction of sp³-hybridized carbons (Fsp3) is 0.211. The predicted octanol–water partition coefficient (Wildman–Crippen LogP) is 3.18. The van der Waals surface area contributed by atoms with Gasteiger partial charge in [-0.15, -0.1) is 0 Å². The van der Waals surface area contributed by atoms with Crippen molar-refractivity contribution in [3.63, 3.8) is 0 Å². The number of pyridine rings is 1. The number of nitrogen functional groups attached to an aromatic ring is 1. The minimum Gasteiger partial charge on any atom is -0.393 e. The van der Waals surface area contributed by atoms with E-state index in [0.717, 1.165) is 42.7 Å². The summed E-state index contributed by atoms with van der Waals surface area (Å²) >= 11 is 6.11. The van der Waals surface area contributed by atoms with Crippen LogP contribution >= 0.6 is 11.6 Å². The minimum absolute atomic E-state index is 0.527. The molecule has 1 aliphatic heterocycles. The maximum Gasteiger partial charge on any atom is 0.160 e. The number of nitrogens with two attached hydrogens (primary N) is 1. The van der Waals surface area contributed by atoms with Crippen molar-refractivity contribution < 1.29 is 0 Å². The first-order valence-corrected chi connectivity index (χ1v) is 9.12. The van der Waals surface area contributed by atoms with Gasteiger partial charge in [0.25, 0.3) is 0 Å². The third-order valence-corrected chi connectivity index (χ3v) is 4.76. The average molecular weight is 382 g/mol. The maximum absolute atomic E-state index is 6.34. The average Bonchev–Trinajstić information content (AvgIpc) is 2.71. The number of hydrogen-bond acceptors (Lipinski definition) is 7. The fourth-order valence-corrected chi connectivity index (χ4v) is 3.33. The first-order valence-electron chi connectivity index (χ1n) is 8.75. The molecule has 0 aliphatic carbocycles. The molecule has 0 saturated carbocycles. The summed E-state index contributed by atoms with van der Waals surface area (Å²) in [5.41, 5.74) is 8.00. The van der Waals surface area contributed by atoms with E-state index >= 15 is 0 Å². The molecule has 27 heavy (non-hydrogen) atoms. The second-order valence-corrected chi connectivity index (χ2v) is 6.69. The van der Waals surface area contributed by atoms with Crippen LogP contribution in [0.25, 0.3) is 0 Å². The third kappa shape index (κ3) is 3.88. The Labute approximate surface area is 162 Å². The van der Waals surface area contributed by atoms with Crippen molar-refractivity contribution in [2.75, 3.05) is 47.0 Å². The van der Waals surface area contributed by atoms with Crippen molar-refractivity contribution in [3.8, 4) is 0 Å². The van der Waals surface area contributed by atoms with Gasteiger partial charge >= 0.3 is 0 Å². The first-order chi connectivity index (χ1) is 13.2. The SMILES string of the molecule is Nc1c(Nc2ccccn2)ncnc1N1CCN(c2cccc(Cl)c2)CC1. The van der Waals surface area contributed by atoms with E-state index in [1.807, 2.05) is 36.4 Å². The van der Waals surface area contributed by atoms with Gasteiger partial charge in [-0.05, 0) is 30.3 Å². The lowest BCUT2D eigenvalue weighted by Crippen LogP contribution is -2.47. The normalized spacial score (nSPS) is 14.3. The molecule has 138 valence electrons. The number of nitrogens with zero attached hydrogens (tertiary/aromatic N) is 5. The molecule has 0 bridgehead atoms. The van der Waals surface area contributed by atoms with Crippen molar-refractivity contribution in [3.05, 3.63) is 60.0 Å². The molecule has 7 nitrogen and oxygen atoms in total. The van der Waals surface area contributed by atoms with Crippen LogP contribution in [0, 0.1) is 0 Å². The number of anilines is 5. The highest BCUT2D eigenvalue weighted by atomic mass is 35.5. The molecule has 4 rings (SSSR count). The lowest BCUT2D eigenvalue weighted by atomic mass is 10.2. The van der Waals surface area contributed by atoms with Crippen LogP contribution in [0.2, 0.25) is 5.02 Å². The van der Waals surface area contributed by atoms with E-state index in [4.69, 9.17) is 17.3 Å². The Bertz CT molecular complexity index is 911. The van der Waals surface area contributed by atoms with E-state index < -0.39 is 0 Å². The number of halogens is 1. The molecule has 1 fully saturated rings. The molecular weight excluding hydrogens is 362 g/mol. The van der Waals surface area contributed by atoms with Crippen LogP contribution < -0.4 is 20.9 Å². The summed E-state index contributed by atoms with van der Waals surface area (Å²) in [7, 11) is 0. The topological polar surface area (TPSA) is 83.2 Å². The quantitative estimate of drug-likeness (QED) is 0.718. The van der Waals surface area contributed by atoms with Gasteiger partial charge in [-0.1, -0.05) is 23.7 Å². The van der Waals surface area contributed by atoms with E-state index in [-0.39, 0.29) is 0 Å². The minimum atomic E-state index is 0.527. The van der Waals surface area contributed by atoms with E-state index in [0.29, 0.717) is 17.3 Å². The molecule has 1 aromatic carbocycles. The highest BCUT2D eigenvalue weighted by molar-refractivity contribution is 6.30. The molecule has 1 aliphatic rings. The van der Waals surface area contributed by atoms with Crippen LogP contribution in [0.15, 0.2) is 55.0 Å². The number of nitrogens with one attached hydrogen (secondary N) is 1. The Hall–Kier alpha value is -3.06. The van der Waals surface area contributed by atoms with Gasteiger partial charge in [-0.2, -0.15) is 0 Å². The Morgan fingerprint density at radius 2 is 1.74 bits per heavy atom. The number of rotatable bonds is 4. The van der Waals surface area contributed by atoms with E-state index in [9.17, 15) is 0 Å². The van der Waals surface area contributed by atoms with E-state index in [2.05, 4.69) is 36.1 Å². The summed E-state index contributed by atoms with van der Waals surface area (Å²) in [4.78, 5) is 17.4. The molecule has 3 heterocycles. The Balaban J connectivity index is 1.47. The molecule has 0 spiro atoms. The second kappa shape index (κ2) is 7.67. The predicted molar refractivity (Wildman–Crippen MR) is 110 cm³/mol. The highest BCUT2D eigenvalue weighted by Gasteiger charge is 2.21. The number of piperazine rings is 1. The molecule has 0 unspecified atom stereocenters. The van der Waals surface area contributed by atoms with Gasteiger partial charge in [0.1, 0.15) is 17.8 Å². The van der Waals surface area contributed by atoms with Gasteiger partial charge in [-0.25, -0.2) is 15.0 Å². The zero-order chi connectivity index (χ0) is 18.6. The summed E-state index contributed by atoms with van der Waals surface area (Å²) < 4.78 is 0. The van der Waals surface area contributed by atoms with Crippen LogP contribution in [0.3, 0.4) is 0 Å². The number of aromatic nitrogens is 3. The molecule has 8 heteroatoms. The molecule has 3 aromatic rings. The summed E-state index contributed by atoms with van der Waals surface area (Å²) in [5, 5.41) is 3.90. The van der Waals surface area contributed by atoms with Crippen LogP contribution in [0.4, 0.5) is 28.8 Å². The summed E-state index contributed by atoms with van der Waals surface area (Å²) in [5.74, 6) is 2.00. The largest absolute Gasteiger partial charge is 0.393 e. The van der Waals surface area contributed by atoms with Crippen LogP contribution in [-0.4, -0.2) is 41.1 Å². The maximum atomic E-state index is 6.34. The van der Waals surface area contributed by atoms with Crippen LogP contribution in [-0.2, 0) is 0 Å². The lowest BCUT2D eigenvalue weighted by Gasteiger charge is -2.37. The fourth-order valence-electron chi connectivity index (χ4n) is 3.15. The summed E-state index contributed by atoms with van der Waals surface area (Å²) in [6, 6.07) is 13.6. The Morgan fingerprint density at radius 1 is 0.926 bits per heavy atom. The third-order valence-electron chi connectivity index (χ3n) is 4.53. The first kappa shape index (κ1) is 17.4. The van der Waals surface area contributed by atoms with Gasteiger partial charge in [0, 0.05) is 43.1 Å². The number of hydrogen-bond donors (Lipinski definition) is 2. The van der Waals surface area contributed by atoms with Gasteiger partial charge in [0.05, 0.1) is 0 Å². The van der Waals surface area contributed by atoms with Crippen molar-refractivity contribution in [1.82, 2.24) is 15.0 Å². The van der Waals surface area contributed by atoms with Gasteiger partial charge in [-0.3, -0.25) is 0 Å². The van der Waals surface area contributed by atoms with Gasteiger partial charge in [0.15, 0.2) is 11.6 Å². The van der Waals surface area contributed by atoms with Crippen molar-refractivity contribution in [1.29, 1.82) is 0 Å². The van der Waals surface area contributed by atoms with Crippen molar-refractivity contribution in [2.24, 2.45) is 0 Å². The van der Waals surface area contributed by atoms with Gasteiger partial charge < -0.3 is 20.9 Å². The smallest absolute Gasteiger partial charge is 0.160 e. The highest BCUT2D eigenvalue weighted by Crippen LogP contribution is 2.29. The lowest BCUT2D eigenvalue weighted by molar-refractivity contribution is 0.647.